The standard InChI is InChI=1S/C21H24N2O7/c1-13(2)15-6-5-14(3)18(9-15)29-12-21(25)30-11-20(24)22-17-8-7-16(23(26)27)10-19(17)28-4/h5-10,13H,11-12H2,1-4H3,(H,22,24). The smallest absolute Gasteiger partial charge is 0.344 e. The van der Waals surface area contributed by atoms with Crippen molar-refractivity contribution < 1.29 is 28.7 Å². The van der Waals surface area contributed by atoms with E-state index in [9.17, 15) is 19.7 Å². The molecule has 0 aliphatic rings. The minimum Gasteiger partial charge on any atom is -0.494 e. The molecular formula is C21H24N2O7. The summed E-state index contributed by atoms with van der Waals surface area (Å²) in [5.41, 5.74) is 2.02. The topological polar surface area (TPSA) is 117 Å². The van der Waals surface area contributed by atoms with Crippen LogP contribution in [-0.2, 0) is 14.3 Å². The van der Waals surface area contributed by atoms with Gasteiger partial charge in [0.2, 0.25) is 0 Å². The molecule has 2 rings (SSSR count). The van der Waals surface area contributed by atoms with E-state index in [4.69, 9.17) is 14.2 Å². The minimum atomic E-state index is -0.699. The van der Waals surface area contributed by atoms with Crippen LogP contribution in [0, 0.1) is 17.0 Å². The number of aryl methyl sites for hydroxylation is 1. The summed E-state index contributed by atoms with van der Waals surface area (Å²) in [5.74, 6) is -0.297. The highest BCUT2D eigenvalue weighted by Crippen LogP contribution is 2.29. The van der Waals surface area contributed by atoms with Gasteiger partial charge in [0.1, 0.15) is 11.5 Å². The molecule has 0 fully saturated rings. The first kappa shape index (κ1) is 22.7. The Hall–Kier alpha value is -3.62. The second kappa shape index (κ2) is 10.2. The van der Waals surface area contributed by atoms with Gasteiger partial charge in [-0.3, -0.25) is 14.9 Å². The quantitative estimate of drug-likeness (QED) is 0.377. The molecule has 0 bridgehead atoms. The van der Waals surface area contributed by atoms with E-state index >= 15 is 0 Å². The van der Waals surface area contributed by atoms with Gasteiger partial charge in [-0.2, -0.15) is 0 Å². The van der Waals surface area contributed by atoms with Gasteiger partial charge in [-0.05, 0) is 36.1 Å². The molecule has 0 saturated carbocycles. The number of hydrogen-bond donors (Lipinski definition) is 1. The summed E-state index contributed by atoms with van der Waals surface area (Å²) in [6.07, 6.45) is 0. The number of rotatable bonds is 9. The van der Waals surface area contributed by atoms with E-state index in [-0.39, 0.29) is 23.7 Å². The fraction of sp³-hybridized carbons (Fsp3) is 0.333. The van der Waals surface area contributed by atoms with E-state index < -0.39 is 23.4 Å². The molecular weight excluding hydrogens is 392 g/mol. The summed E-state index contributed by atoms with van der Waals surface area (Å²) < 4.78 is 15.5. The van der Waals surface area contributed by atoms with Crippen LogP contribution >= 0.6 is 0 Å². The molecule has 0 aromatic heterocycles. The molecule has 0 saturated heterocycles. The van der Waals surface area contributed by atoms with Crippen LogP contribution in [0.2, 0.25) is 0 Å². The minimum absolute atomic E-state index is 0.118. The number of esters is 1. The highest BCUT2D eigenvalue weighted by Gasteiger charge is 2.15. The van der Waals surface area contributed by atoms with Crippen molar-refractivity contribution in [2.75, 3.05) is 25.6 Å². The SMILES string of the molecule is COc1cc([N+](=O)[O-])ccc1NC(=O)COC(=O)COc1cc(C(C)C)ccc1C. The zero-order chi connectivity index (χ0) is 22.3. The summed E-state index contributed by atoms with van der Waals surface area (Å²) in [4.78, 5) is 34.2. The summed E-state index contributed by atoms with van der Waals surface area (Å²) in [6.45, 7) is 5.11. The van der Waals surface area contributed by atoms with Crippen LogP contribution < -0.4 is 14.8 Å². The Balaban J connectivity index is 1.87. The van der Waals surface area contributed by atoms with Crippen molar-refractivity contribution in [2.45, 2.75) is 26.7 Å². The molecule has 0 spiro atoms. The first-order valence-electron chi connectivity index (χ1n) is 9.22. The predicted octanol–water partition coefficient (Wildman–Crippen LogP) is 3.60. The van der Waals surface area contributed by atoms with Gasteiger partial charge < -0.3 is 19.5 Å². The summed E-state index contributed by atoms with van der Waals surface area (Å²) in [5, 5.41) is 13.3. The Morgan fingerprint density at radius 2 is 1.83 bits per heavy atom. The van der Waals surface area contributed by atoms with Crippen LogP contribution in [-0.4, -0.2) is 37.1 Å². The molecule has 0 aliphatic heterocycles. The largest absolute Gasteiger partial charge is 0.494 e. The van der Waals surface area contributed by atoms with Crippen LogP contribution in [0.5, 0.6) is 11.5 Å². The van der Waals surface area contributed by atoms with Crippen LogP contribution in [0.4, 0.5) is 11.4 Å². The van der Waals surface area contributed by atoms with Crippen molar-refractivity contribution in [3.8, 4) is 11.5 Å². The van der Waals surface area contributed by atoms with Crippen molar-refractivity contribution in [1.29, 1.82) is 0 Å². The molecule has 0 unspecified atom stereocenters. The second-order valence-corrected chi connectivity index (χ2v) is 6.82. The lowest BCUT2D eigenvalue weighted by atomic mass is 10.0. The maximum Gasteiger partial charge on any atom is 0.344 e. The number of ether oxygens (including phenoxy) is 3. The van der Waals surface area contributed by atoms with Crippen molar-refractivity contribution in [3.05, 3.63) is 57.6 Å². The van der Waals surface area contributed by atoms with Crippen LogP contribution in [0.3, 0.4) is 0 Å². The summed E-state index contributed by atoms with van der Waals surface area (Å²) in [7, 11) is 1.32. The number of carbonyl (C=O) groups excluding carboxylic acids is 2. The summed E-state index contributed by atoms with van der Waals surface area (Å²) in [6, 6.07) is 9.54. The molecule has 160 valence electrons. The monoisotopic (exact) mass is 416 g/mol. The lowest BCUT2D eigenvalue weighted by Gasteiger charge is -2.13. The van der Waals surface area contributed by atoms with Gasteiger partial charge >= 0.3 is 5.97 Å². The lowest BCUT2D eigenvalue weighted by Crippen LogP contribution is -2.24. The normalized spacial score (nSPS) is 10.4. The van der Waals surface area contributed by atoms with Crippen LogP contribution in [0.25, 0.3) is 0 Å². The van der Waals surface area contributed by atoms with Gasteiger partial charge in [0.25, 0.3) is 11.6 Å². The average Bonchev–Trinajstić information content (AvgIpc) is 2.71. The van der Waals surface area contributed by atoms with Gasteiger partial charge in [0, 0.05) is 6.07 Å². The van der Waals surface area contributed by atoms with Crippen molar-refractivity contribution in [2.24, 2.45) is 0 Å². The lowest BCUT2D eigenvalue weighted by molar-refractivity contribution is -0.384. The van der Waals surface area contributed by atoms with Crippen molar-refractivity contribution in [1.82, 2.24) is 0 Å². The predicted molar refractivity (Wildman–Crippen MR) is 110 cm³/mol. The number of methoxy groups -OCH3 is 1. The maximum absolute atomic E-state index is 12.0. The number of nitro groups is 1. The molecule has 1 N–H and O–H groups in total. The number of non-ortho nitro benzene ring substituents is 1. The Kier molecular flexibility index (Phi) is 7.74. The maximum atomic E-state index is 12.0. The molecule has 2 aromatic rings. The van der Waals surface area contributed by atoms with E-state index in [1.54, 1.807) is 0 Å². The van der Waals surface area contributed by atoms with E-state index in [1.807, 2.05) is 25.1 Å². The fourth-order valence-corrected chi connectivity index (χ4v) is 2.54. The van der Waals surface area contributed by atoms with E-state index in [1.165, 1.54) is 25.3 Å². The number of carbonyl (C=O) groups is 2. The molecule has 1 amide bonds. The highest BCUT2D eigenvalue weighted by molar-refractivity contribution is 5.94. The first-order chi connectivity index (χ1) is 14.2. The Labute approximate surface area is 174 Å². The molecule has 0 heterocycles. The third kappa shape index (κ3) is 6.20. The van der Waals surface area contributed by atoms with E-state index in [2.05, 4.69) is 19.2 Å². The second-order valence-electron chi connectivity index (χ2n) is 6.82. The number of amides is 1. The van der Waals surface area contributed by atoms with Gasteiger partial charge in [-0.15, -0.1) is 0 Å². The van der Waals surface area contributed by atoms with Crippen molar-refractivity contribution >= 4 is 23.3 Å². The Morgan fingerprint density at radius 1 is 1.10 bits per heavy atom. The zero-order valence-electron chi connectivity index (χ0n) is 17.3. The molecule has 9 nitrogen and oxygen atoms in total. The average molecular weight is 416 g/mol. The first-order valence-corrected chi connectivity index (χ1v) is 9.22. The molecule has 0 radical (unpaired) electrons. The van der Waals surface area contributed by atoms with Crippen LogP contribution in [0.15, 0.2) is 36.4 Å². The third-order valence-electron chi connectivity index (χ3n) is 4.26. The Bertz CT molecular complexity index is 941. The van der Waals surface area contributed by atoms with Gasteiger partial charge in [0.05, 0.1) is 23.8 Å². The molecule has 9 heteroatoms. The third-order valence-corrected chi connectivity index (χ3v) is 4.26. The van der Waals surface area contributed by atoms with Gasteiger partial charge in [0.15, 0.2) is 13.2 Å². The number of anilines is 1. The van der Waals surface area contributed by atoms with E-state index in [0.29, 0.717) is 11.7 Å². The summed E-state index contributed by atoms with van der Waals surface area (Å²) >= 11 is 0. The number of nitro benzene ring substituents is 1. The zero-order valence-corrected chi connectivity index (χ0v) is 17.3. The molecule has 0 aliphatic carbocycles. The number of nitrogens with zero attached hydrogens (tertiary/aromatic N) is 1. The number of benzene rings is 2. The van der Waals surface area contributed by atoms with Crippen molar-refractivity contribution in [3.63, 3.8) is 0 Å². The van der Waals surface area contributed by atoms with Gasteiger partial charge in [-0.25, -0.2) is 4.79 Å². The molecule has 0 atom stereocenters. The molecule has 2 aromatic carbocycles. The Morgan fingerprint density at radius 3 is 2.47 bits per heavy atom. The van der Waals surface area contributed by atoms with E-state index in [0.717, 1.165) is 11.1 Å². The fourth-order valence-electron chi connectivity index (χ4n) is 2.54. The highest BCUT2D eigenvalue weighted by atomic mass is 16.6. The number of nitrogens with one attached hydrogen (secondary N) is 1. The van der Waals surface area contributed by atoms with Crippen LogP contribution in [0.1, 0.15) is 30.9 Å². The number of hydrogen-bond acceptors (Lipinski definition) is 7. The van der Waals surface area contributed by atoms with Gasteiger partial charge in [-0.1, -0.05) is 26.0 Å². The molecule has 30 heavy (non-hydrogen) atoms.